The van der Waals surface area contributed by atoms with Gasteiger partial charge >= 0.3 is 0 Å². The highest BCUT2D eigenvalue weighted by Gasteiger charge is 2.24. The van der Waals surface area contributed by atoms with Gasteiger partial charge in [-0.15, -0.1) is 0 Å². The van der Waals surface area contributed by atoms with Gasteiger partial charge in [0.05, 0.1) is 30.3 Å². The van der Waals surface area contributed by atoms with Gasteiger partial charge in [0.2, 0.25) is 5.91 Å². The molecule has 0 spiro atoms. The lowest BCUT2D eigenvalue weighted by Gasteiger charge is -2.34. The summed E-state index contributed by atoms with van der Waals surface area (Å²) >= 11 is 1.54. The summed E-state index contributed by atoms with van der Waals surface area (Å²) in [5.41, 5.74) is 3.55. The van der Waals surface area contributed by atoms with Crippen molar-refractivity contribution in [2.75, 3.05) is 38.5 Å². The van der Waals surface area contributed by atoms with Crippen molar-refractivity contribution in [3.05, 3.63) is 72.4 Å². The summed E-state index contributed by atoms with van der Waals surface area (Å²) in [4.78, 5) is 22.1. The molecule has 34 heavy (non-hydrogen) atoms. The molecule has 0 N–H and O–H groups in total. The number of hydrogen-bond acceptors (Lipinski definition) is 5. The van der Waals surface area contributed by atoms with Gasteiger partial charge in [-0.05, 0) is 24.0 Å². The van der Waals surface area contributed by atoms with Crippen LogP contribution in [0.2, 0.25) is 0 Å². The molecule has 0 bridgehead atoms. The fraction of sp³-hybridized carbons (Fsp3) is 0.407. The maximum atomic E-state index is 13.0. The maximum Gasteiger partial charge on any atom is 0.233 e. The summed E-state index contributed by atoms with van der Waals surface area (Å²) in [5, 5.41) is 0.894. The van der Waals surface area contributed by atoms with Gasteiger partial charge in [-0.2, -0.15) is 0 Å². The first-order valence-electron chi connectivity index (χ1n) is 12.2. The van der Waals surface area contributed by atoms with E-state index in [9.17, 15) is 4.79 Å². The van der Waals surface area contributed by atoms with Crippen LogP contribution in [0, 0.1) is 0 Å². The quantitative estimate of drug-likeness (QED) is 0.457. The zero-order valence-electron chi connectivity index (χ0n) is 19.5. The van der Waals surface area contributed by atoms with Gasteiger partial charge < -0.3 is 14.2 Å². The van der Waals surface area contributed by atoms with E-state index < -0.39 is 0 Å². The summed E-state index contributed by atoms with van der Waals surface area (Å²) in [6, 6.07) is 20.9. The highest BCUT2D eigenvalue weighted by molar-refractivity contribution is 7.99. The van der Waals surface area contributed by atoms with Crippen LogP contribution in [0.3, 0.4) is 0 Å². The van der Waals surface area contributed by atoms with Crippen molar-refractivity contribution in [3.63, 3.8) is 0 Å². The number of benzene rings is 2. The first-order valence-corrected chi connectivity index (χ1v) is 13.1. The van der Waals surface area contributed by atoms with E-state index in [1.807, 2.05) is 35.4 Å². The Kier molecular flexibility index (Phi) is 7.63. The molecule has 0 saturated carbocycles. The maximum absolute atomic E-state index is 13.0. The lowest BCUT2D eigenvalue weighted by atomic mass is 10.1. The van der Waals surface area contributed by atoms with Crippen LogP contribution in [0.25, 0.3) is 11.3 Å². The lowest BCUT2D eigenvalue weighted by Crippen LogP contribution is -2.48. The fourth-order valence-corrected chi connectivity index (χ4v) is 5.59. The van der Waals surface area contributed by atoms with E-state index in [0.29, 0.717) is 5.75 Å². The molecule has 7 heteroatoms. The topological polar surface area (TPSA) is 50.6 Å². The van der Waals surface area contributed by atoms with E-state index in [2.05, 4.69) is 45.9 Å². The van der Waals surface area contributed by atoms with Crippen LogP contribution in [0.4, 0.5) is 0 Å². The van der Waals surface area contributed by atoms with E-state index in [0.717, 1.165) is 75.1 Å². The van der Waals surface area contributed by atoms with E-state index >= 15 is 0 Å². The Morgan fingerprint density at radius 1 is 1.00 bits per heavy atom. The molecule has 0 unspecified atom stereocenters. The molecule has 0 radical (unpaired) electrons. The average Bonchev–Trinajstić information content (AvgIpc) is 3.55. The summed E-state index contributed by atoms with van der Waals surface area (Å²) < 4.78 is 8.14. The summed E-state index contributed by atoms with van der Waals surface area (Å²) in [7, 11) is 0. The van der Waals surface area contributed by atoms with Crippen LogP contribution in [-0.2, 0) is 22.6 Å². The van der Waals surface area contributed by atoms with Crippen molar-refractivity contribution < 1.29 is 9.53 Å². The Hall–Kier alpha value is -2.61. The smallest absolute Gasteiger partial charge is 0.233 e. The Morgan fingerprint density at radius 2 is 1.74 bits per heavy atom. The van der Waals surface area contributed by atoms with Gasteiger partial charge in [0.1, 0.15) is 0 Å². The normalized spacial score (nSPS) is 18.9. The number of rotatable bonds is 8. The standard InChI is InChI=1S/C27H32N4O2S/c32-26(30-15-13-29(14-16-30)19-22-8-3-1-4-9-22)21-34-27-28-18-25(23-10-5-2-6-11-23)31(27)20-24-12-7-17-33-24/h1-6,8-11,18,24H,7,12-17,19-21H2/t24-/m1/s1. The zero-order valence-corrected chi connectivity index (χ0v) is 20.3. The molecule has 1 aromatic heterocycles. The van der Waals surface area contributed by atoms with Gasteiger partial charge in [0.25, 0.3) is 0 Å². The number of imidazole rings is 1. The molecule has 2 saturated heterocycles. The predicted octanol–water partition coefficient (Wildman–Crippen LogP) is 4.17. The number of carbonyl (C=O) groups is 1. The predicted molar refractivity (Wildman–Crippen MR) is 136 cm³/mol. The van der Waals surface area contributed by atoms with Crippen LogP contribution < -0.4 is 0 Å². The van der Waals surface area contributed by atoms with E-state index in [1.54, 1.807) is 11.8 Å². The molecule has 2 fully saturated rings. The third-order valence-electron chi connectivity index (χ3n) is 6.60. The van der Waals surface area contributed by atoms with E-state index in [-0.39, 0.29) is 12.0 Å². The molecule has 2 aliphatic heterocycles. The first-order chi connectivity index (χ1) is 16.8. The number of carbonyl (C=O) groups excluding carboxylic acids is 1. The Balaban J connectivity index is 1.19. The number of ether oxygens (including phenoxy) is 1. The number of aromatic nitrogens is 2. The summed E-state index contributed by atoms with van der Waals surface area (Å²) in [5.74, 6) is 0.604. The molecule has 1 atom stereocenters. The Morgan fingerprint density at radius 3 is 2.44 bits per heavy atom. The second-order valence-electron chi connectivity index (χ2n) is 8.97. The largest absolute Gasteiger partial charge is 0.376 e. The minimum absolute atomic E-state index is 0.192. The highest BCUT2D eigenvalue weighted by atomic mass is 32.2. The number of nitrogens with zero attached hydrogens (tertiary/aromatic N) is 4. The van der Waals surface area contributed by atoms with Gasteiger partial charge in [0.15, 0.2) is 5.16 Å². The molecular formula is C27H32N4O2S. The Labute approximate surface area is 205 Å². The third-order valence-corrected chi connectivity index (χ3v) is 7.57. The number of piperazine rings is 1. The van der Waals surface area contributed by atoms with Crippen molar-refractivity contribution in [3.8, 4) is 11.3 Å². The van der Waals surface area contributed by atoms with E-state index in [4.69, 9.17) is 9.72 Å². The SMILES string of the molecule is O=C(CSc1ncc(-c2ccccc2)n1C[C@H]1CCCO1)N1CCN(Cc2ccccc2)CC1. The van der Waals surface area contributed by atoms with Crippen molar-refractivity contribution in [2.45, 2.75) is 37.2 Å². The molecule has 2 aliphatic rings. The second kappa shape index (κ2) is 11.2. The second-order valence-corrected chi connectivity index (χ2v) is 9.91. The molecule has 0 aliphatic carbocycles. The number of hydrogen-bond donors (Lipinski definition) is 0. The van der Waals surface area contributed by atoms with Crippen LogP contribution in [0.15, 0.2) is 72.0 Å². The molecule has 6 nitrogen and oxygen atoms in total. The Bertz CT molecular complexity index is 1060. The molecule has 178 valence electrons. The molecule has 5 rings (SSSR count). The highest BCUT2D eigenvalue weighted by Crippen LogP contribution is 2.28. The molecule has 2 aromatic carbocycles. The van der Waals surface area contributed by atoms with Crippen molar-refractivity contribution in [1.29, 1.82) is 0 Å². The molecule has 3 aromatic rings. The van der Waals surface area contributed by atoms with Crippen LogP contribution in [-0.4, -0.2) is 69.9 Å². The summed E-state index contributed by atoms with van der Waals surface area (Å²) in [6.45, 7) is 5.95. The van der Waals surface area contributed by atoms with Crippen LogP contribution in [0.5, 0.6) is 0 Å². The van der Waals surface area contributed by atoms with Gasteiger partial charge in [-0.3, -0.25) is 9.69 Å². The summed E-state index contributed by atoms with van der Waals surface area (Å²) in [6.07, 6.45) is 4.32. The minimum atomic E-state index is 0.192. The fourth-order valence-electron chi connectivity index (χ4n) is 4.70. The monoisotopic (exact) mass is 476 g/mol. The van der Waals surface area contributed by atoms with E-state index in [1.165, 1.54) is 5.56 Å². The molecular weight excluding hydrogens is 444 g/mol. The van der Waals surface area contributed by atoms with Gasteiger partial charge in [-0.25, -0.2) is 4.98 Å². The van der Waals surface area contributed by atoms with Crippen molar-refractivity contribution >= 4 is 17.7 Å². The third kappa shape index (κ3) is 5.71. The van der Waals surface area contributed by atoms with Gasteiger partial charge in [0, 0.05) is 39.3 Å². The van der Waals surface area contributed by atoms with Crippen LogP contribution in [0.1, 0.15) is 18.4 Å². The van der Waals surface area contributed by atoms with Gasteiger partial charge in [-0.1, -0.05) is 72.4 Å². The number of amides is 1. The molecule has 1 amide bonds. The zero-order chi connectivity index (χ0) is 23.2. The molecule has 3 heterocycles. The van der Waals surface area contributed by atoms with Crippen molar-refractivity contribution in [2.24, 2.45) is 0 Å². The average molecular weight is 477 g/mol. The first kappa shape index (κ1) is 23.1. The number of thioether (sulfide) groups is 1. The lowest BCUT2D eigenvalue weighted by molar-refractivity contribution is -0.130. The van der Waals surface area contributed by atoms with Crippen molar-refractivity contribution in [1.82, 2.24) is 19.4 Å². The van der Waals surface area contributed by atoms with Crippen LogP contribution >= 0.6 is 11.8 Å². The minimum Gasteiger partial charge on any atom is -0.376 e.